The molecule has 1 aromatic carbocycles. The number of hydrogen-bond acceptors (Lipinski definition) is 5. The molecule has 0 amide bonds. The first-order valence-electron chi connectivity index (χ1n) is 7.10. The first-order chi connectivity index (χ1) is 9.71. The molecule has 2 rings (SSSR count). The number of aliphatic hydroxyl groups excluding tert-OH is 1. The van der Waals surface area contributed by atoms with Crippen LogP contribution in [-0.4, -0.2) is 38.5 Å². The van der Waals surface area contributed by atoms with E-state index < -0.39 is 0 Å². The summed E-state index contributed by atoms with van der Waals surface area (Å²) in [5.74, 6) is 1.33. The summed E-state index contributed by atoms with van der Waals surface area (Å²) < 4.78 is 10.6. The molecular formula is C15H24N2O3. The molecule has 5 heteroatoms. The second-order valence-corrected chi connectivity index (χ2v) is 5.12. The molecule has 0 spiro atoms. The molecule has 1 saturated heterocycles. The van der Waals surface area contributed by atoms with Gasteiger partial charge in [-0.15, -0.1) is 0 Å². The van der Waals surface area contributed by atoms with E-state index >= 15 is 0 Å². The van der Waals surface area contributed by atoms with Crippen LogP contribution in [-0.2, 0) is 0 Å². The van der Waals surface area contributed by atoms with Crippen LogP contribution in [0.3, 0.4) is 0 Å². The number of aliphatic hydroxyl groups is 1. The van der Waals surface area contributed by atoms with E-state index in [0.29, 0.717) is 23.2 Å². The van der Waals surface area contributed by atoms with Gasteiger partial charge in [0.25, 0.3) is 0 Å². The van der Waals surface area contributed by atoms with Crippen molar-refractivity contribution in [2.45, 2.75) is 31.7 Å². The van der Waals surface area contributed by atoms with Crippen molar-refractivity contribution in [1.82, 2.24) is 0 Å². The highest BCUT2D eigenvalue weighted by molar-refractivity contribution is 5.73. The topological polar surface area (TPSA) is 68.0 Å². The second-order valence-electron chi connectivity index (χ2n) is 5.12. The Bertz CT molecular complexity index is 449. The Labute approximate surface area is 120 Å². The second kappa shape index (κ2) is 6.70. The zero-order valence-electron chi connectivity index (χ0n) is 12.3. The third kappa shape index (κ3) is 2.93. The maximum Gasteiger partial charge on any atom is 0.162 e. The van der Waals surface area contributed by atoms with Crippen LogP contribution in [0.5, 0.6) is 11.5 Å². The van der Waals surface area contributed by atoms with E-state index in [9.17, 15) is 5.11 Å². The van der Waals surface area contributed by atoms with Crippen LogP contribution in [0.25, 0.3) is 0 Å². The molecule has 1 aliphatic rings. The summed E-state index contributed by atoms with van der Waals surface area (Å²) in [4.78, 5) is 2.29. The molecule has 0 saturated carbocycles. The molecule has 1 heterocycles. The number of nitrogen functional groups attached to an aromatic ring is 1. The Hall–Kier alpha value is -1.62. The Kier molecular flexibility index (Phi) is 4.95. The number of ether oxygens (including phenoxy) is 2. The van der Waals surface area contributed by atoms with E-state index in [2.05, 4.69) is 4.90 Å². The van der Waals surface area contributed by atoms with Gasteiger partial charge in [0.05, 0.1) is 25.6 Å². The van der Waals surface area contributed by atoms with Crippen LogP contribution in [0.1, 0.15) is 25.7 Å². The molecule has 1 aliphatic heterocycles. The molecule has 20 heavy (non-hydrogen) atoms. The van der Waals surface area contributed by atoms with E-state index in [0.717, 1.165) is 31.5 Å². The molecule has 1 unspecified atom stereocenters. The molecular weight excluding hydrogens is 256 g/mol. The van der Waals surface area contributed by atoms with Crippen molar-refractivity contribution in [2.75, 3.05) is 38.0 Å². The molecule has 5 nitrogen and oxygen atoms in total. The maximum absolute atomic E-state index is 9.23. The average molecular weight is 280 g/mol. The lowest BCUT2D eigenvalue weighted by Gasteiger charge is -2.38. The van der Waals surface area contributed by atoms with Crippen molar-refractivity contribution < 1.29 is 14.6 Å². The molecule has 0 aromatic heterocycles. The van der Waals surface area contributed by atoms with Gasteiger partial charge in [0, 0.05) is 31.3 Å². The minimum atomic E-state index is 0.203. The number of nitrogens with two attached hydrogens (primary N) is 1. The fraction of sp³-hybridized carbons (Fsp3) is 0.600. The quantitative estimate of drug-likeness (QED) is 0.808. The van der Waals surface area contributed by atoms with Crippen LogP contribution in [0.4, 0.5) is 11.4 Å². The Morgan fingerprint density at radius 1 is 1.25 bits per heavy atom. The van der Waals surface area contributed by atoms with Gasteiger partial charge in [0.15, 0.2) is 11.5 Å². The van der Waals surface area contributed by atoms with Crippen LogP contribution in [0.15, 0.2) is 12.1 Å². The van der Waals surface area contributed by atoms with Gasteiger partial charge < -0.3 is 25.2 Å². The third-order valence-corrected chi connectivity index (χ3v) is 3.93. The largest absolute Gasteiger partial charge is 0.493 e. The highest BCUT2D eigenvalue weighted by Crippen LogP contribution is 2.39. The van der Waals surface area contributed by atoms with Crippen LogP contribution in [0, 0.1) is 0 Å². The number of hydrogen-bond donors (Lipinski definition) is 2. The van der Waals surface area contributed by atoms with Gasteiger partial charge in [-0.25, -0.2) is 0 Å². The smallest absolute Gasteiger partial charge is 0.162 e. The zero-order valence-corrected chi connectivity index (χ0v) is 12.3. The standard InChI is InChI=1S/C15H24N2O3/c1-19-14-9-12(16)13(10-15(14)20-2)17-7-4-3-5-11(17)6-8-18/h9-11,18H,3-8,16H2,1-2H3. The van der Waals surface area contributed by atoms with Crippen LogP contribution < -0.4 is 20.1 Å². The van der Waals surface area contributed by atoms with Gasteiger partial charge >= 0.3 is 0 Å². The number of piperidine rings is 1. The molecule has 1 aromatic rings. The monoisotopic (exact) mass is 280 g/mol. The van der Waals surface area contributed by atoms with Gasteiger partial charge in [-0.05, 0) is 25.7 Å². The van der Waals surface area contributed by atoms with Crippen molar-refractivity contribution in [3.63, 3.8) is 0 Å². The Balaban J connectivity index is 2.34. The van der Waals surface area contributed by atoms with E-state index in [-0.39, 0.29) is 6.61 Å². The fourth-order valence-electron chi connectivity index (χ4n) is 2.90. The summed E-state index contributed by atoms with van der Waals surface area (Å²) in [6, 6.07) is 4.08. The normalized spacial score (nSPS) is 18.9. The minimum Gasteiger partial charge on any atom is -0.493 e. The van der Waals surface area contributed by atoms with E-state index in [1.807, 2.05) is 6.07 Å². The first kappa shape index (κ1) is 14.8. The predicted molar refractivity (Wildman–Crippen MR) is 80.6 cm³/mol. The summed E-state index contributed by atoms with van der Waals surface area (Å²) in [6.45, 7) is 1.17. The predicted octanol–water partition coefficient (Wildman–Crippen LogP) is 2.03. The van der Waals surface area contributed by atoms with Gasteiger partial charge in [0.1, 0.15) is 0 Å². The molecule has 3 N–H and O–H groups in total. The van der Waals surface area contributed by atoms with Gasteiger partial charge in [-0.2, -0.15) is 0 Å². The number of benzene rings is 1. The van der Waals surface area contributed by atoms with Crippen molar-refractivity contribution in [2.24, 2.45) is 0 Å². The van der Waals surface area contributed by atoms with Crippen LogP contribution >= 0.6 is 0 Å². The lowest BCUT2D eigenvalue weighted by atomic mass is 9.98. The van der Waals surface area contributed by atoms with E-state index in [4.69, 9.17) is 15.2 Å². The van der Waals surface area contributed by atoms with Gasteiger partial charge in [-0.3, -0.25) is 0 Å². The molecule has 0 aliphatic carbocycles. The van der Waals surface area contributed by atoms with Gasteiger partial charge in [0.2, 0.25) is 0 Å². The lowest BCUT2D eigenvalue weighted by Crippen LogP contribution is -2.40. The molecule has 1 fully saturated rings. The highest BCUT2D eigenvalue weighted by atomic mass is 16.5. The fourth-order valence-corrected chi connectivity index (χ4v) is 2.90. The Morgan fingerprint density at radius 3 is 2.60 bits per heavy atom. The van der Waals surface area contributed by atoms with E-state index in [1.165, 1.54) is 6.42 Å². The zero-order chi connectivity index (χ0) is 14.5. The minimum absolute atomic E-state index is 0.203. The summed E-state index contributed by atoms with van der Waals surface area (Å²) in [6.07, 6.45) is 4.21. The summed E-state index contributed by atoms with van der Waals surface area (Å²) in [5.41, 5.74) is 7.83. The molecule has 0 bridgehead atoms. The van der Waals surface area contributed by atoms with Crippen molar-refractivity contribution in [1.29, 1.82) is 0 Å². The highest BCUT2D eigenvalue weighted by Gasteiger charge is 2.25. The van der Waals surface area contributed by atoms with E-state index in [1.54, 1.807) is 20.3 Å². The van der Waals surface area contributed by atoms with Crippen molar-refractivity contribution in [3.05, 3.63) is 12.1 Å². The first-order valence-corrected chi connectivity index (χ1v) is 7.10. The van der Waals surface area contributed by atoms with Crippen molar-refractivity contribution in [3.8, 4) is 11.5 Å². The van der Waals surface area contributed by atoms with Crippen LogP contribution in [0.2, 0.25) is 0 Å². The average Bonchev–Trinajstić information content (AvgIpc) is 2.48. The Morgan fingerprint density at radius 2 is 1.95 bits per heavy atom. The summed E-state index contributed by atoms with van der Waals surface area (Å²) >= 11 is 0. The van der Waals surface area contributed by atoms with Crippen molar-refractivity contribution >= 4 is 11.4 Å². The number of anilines is 2. The molecule has 112 valence electrons. The number of rotatable bonds is 5. The van der Waals surface area contributed by atoms with Gasteiger partial charge in [-0.1, -0.05) is 0 Å². The summed E-state index contributed by atoms with van der Waals surface area (Å²) in [5, 5.41) is 9.23. The summed E-state index contributed by atoms with van der Waals surface area (Å²) in [7, 11) is 3.23. The number of methoxy groups -OCH3 is 2. The molecule has 1 atom stereocenters. The molecule has 0 radical (unpaired) electrons. The number of nitrogens with zero attached hydrogens (tertiary/aromatic N) is 1. The SMILES string of the molecule is COc1cc(N)c(N2CCCCC2CCO)cc1OC. The maximum atomic E-state index is 9.23. The third-order valence-electron chi connectivity index (χ3n) is 3.93. The lowest BCUT2D eigenvalue weighted by molar-refractivity contribution is 0.262.